The van der Waals surface area contributed by atoms with Crippen LogP contribution in [-0.2, 0) is 11.3 Å². The molecule has 1 aromatic rings. The lowest BCUT2D eigenvalue weighted by Gasteiger charge is -2.18. The highest BCUT2D eigenvalue weighted by molar-refractivity contribution is 6.30. The number of hydrogen-bond acceptors (Lipinski definition) is 3. The van der Waals surface area contributed by atoms with E-state index in [1.165, 1.54) is 18.2 Å². The molecule has 0 saturated carbocycles. The first-order chi connectivity index (χ1) is 12.6. The molecule has 0 fully saturated rings. The van der Waals surface area contributed by atoms with Crippen molar-refractivity contribution in [3.63, 3.8) is 0 Å². The van der Waals surface area contributed by atoms with Crippen molar-refractivity contribution in [1.29, 1.82) is 0 Å². The van der Waals surface area contributed by atoms with Crippen molar-refractivity contribution in [2.24, 2.45) is 10.4 Å². The van der Waals surface area contributed by atoms with Crippen LogP contribution in [0.25, 0.3) is 0 Å². The highest BCUT2D eigenvalue weighted by Gasteiger charge is 2.20. The van der Waals surface area contributed by atoms with Crippen LogP contribution in [0.5, 0.6) is 5.75 Å². The van der Waals surface area contributed by atoms with E-state index in [4.69, 9.17) is 11.6 Å². The van der Waals surface area contributed by atoms with E-state index in [9.17, 15) is 13.6 Å². The first kappa shape index (κ1) is 23.0. The Morgan fingerprint density at radius 2 is 1.89 bits per heavy atom. The van der Waals surface area contributed by atoms with Crippen LogP contribution in [-0.4, -0.2) is 38.1 Å². The van der Waals surface area contributed by atoms with Gasteiger partial charge in [0.15, 0.2) is 5.96 Å². The molecule has 0 atom stereocenters. The minimum atomic E-state index is -2.92. The van der Waals surface area contributed by atoms with Crippen LogP contribution >= 0.6 is 11.6 Å². The number of carbonyl (C=O) groups is 1. The van der Waals surface area contributed by atoms with E-state index in [2.05, 4.69) is 25.7 Å². The van der Waals surface area contributed by atoms with Crippen molar-refractivity contribution in [2.45, 2.75) is 40.9 Å². The van der Waals surface area contributed by atoms with Gasteiger partial charge in [0.2, 0.25) is 5.91 Å². The Morgan fingerprint density at radius 1 is 1.22 bits per heavy atom. The van der Waals surface area contributed by atoms with Gasteiger partial charge >= 0.3 is 6.61 Å². The van der Waals surface area contributed by atoms with E-state index in [0.29, 0.717) is 36.2 Å². The summed E-state index contributed by atoms with van der Waals surface area (Å²) in [5.41, 5.74) is -0.00671. The number of aliphatic imine (C=N–C) groups is 1. The molecule has 0 radical (unpaired) electrons. The number of alkyl halides is 2. The second-order valence-electron chi connectivity index (χ2n) is 6.76. The van der Waals surface area contributed by atoms with Gasteiger partial charge in [-0.15, -0.1) is 0 Å². The lowest BCUT2D eigenvalue weighted by atomic mass is 9.96. The molecular formula is C18H27ClF2N4O2. The monoisotopic (exact) mass is 404 g/mol. The summed E-state index contributed by atoms with van der Waals surface area (Å²) in [5.74, 6) is 0.482. The summed E-state index contributed by atoms with van der Waals surface area (Å²) >= 11 is 5.94. The highest BCUT2D eigenvalue weighted by atomic mass is 35.5. The molecule has 9 heteroatoms. The molecule has 152 valence electrons. The molecule has 0 aromatic heterocycles. The van der Waals surface area contributed by atoms with Gasteiger partial charge in [-0.2, -0.15) is 8.78 Å². The van der Waals surface area contributed by atoms with E-state index in [-0.39, 0.29) is 18.2 Å². The maximum atomic E-state index is 12.5. The average Bonchev–Trinajstić information content (AvgIpc) is 2.57. The molecule has 0 spiro atoms. The Bertz CT molecular complexity index is 649. The summed E-state index contributed by atoms with van der Waals surface area (Å²) in [7, 11) is 0. The van der Waals surface area contributed by atoms with Crippen LogP contribution in [0.1, 0.15) is 33.3 Å². The average molecular weight is 405 g/mol. The zero-order chi connectivity index (χ0) is 20.4. The molecule has 0 unspecified atom stereocenters. The van der Waals surface area contributed by atoms with Crippen molar-refractivity contribution in [3.05, 3.63) is 28.8 Å². The molecule has 0 bridgehead atoms. The minimum Gasteiger partial charge on any atom is -0.434 e. The second kappa shape index (κ2) is 10.9. The lowest BCUT2D eigenvalue weighted by Crippen LogP contribution is -2.43. The molecule has 1 rings (SSSR count). The second-order valence-corrected chi connectivity index (χ2v) is 7.19. The van der Waals surface area contributed by atoms with E-state index in [1.807, 2.05) is 27.7 Å². The van der Waals surface area contributed by atoms with E-state index < -0.39 is 12.0 Å². The third-order valence-corrected chi connectivity index (χ3v) is 3.61. The molecule has 0 aliphatic rings. The van der Waals surface area contributed by atoms with Crippen molar-refractivity contribution < 1.29 is 18.3 Å². The number of hydrogen-bond donors (Lipinski definition) is 3. The maximum Gasteiger partial charge on any atom is 0.387 e. The van der Waals surface area contributed by atoms with Crippen LogP contribution in [0.15, 0.2) is 23.2 Å². The molecule has 6 nitrogen and oxygen atoms in total. The zero-order valence-electron chi connectivity index (χ0n) is 16.0. The third-order valence-electron chi connectivity index (χ3n) is 3.37. The first-order valence-electron chi connectivity index (χ1n) is 8.67. The fourth-order valence-electron chi connectivity index (χ4n) is 2.01. The van der Waals surface area contributed by atoms with Crippen molar-refractivity contribution in [2.75, 3.05) is 19.6 Å². The van der Waals surface area contributed by atoms with Crippen molar-refractivity contribution in [1.82, 2.24) is 16.0 Å². The predicted octanol–water partition coefficient (Wildman–Crippen LogP) is 3.16. The number of ether oxygens (including phenoxy) is 1. The molecule has 27 heavy (non-hydrogen) atoms. The molecule has 1 aromatic carbocycles. The summed E-state index contributed by atoms with van der Waals surface area (Å²) < 4.78 is 29.5. The van der Waals surface area contributed by atoms with Gasteiger partial charge in [-0.1, -0.05) is 32.4 Å². The van der Waals surface area contributed by atoms with Gasteiger partial charge in [0, 0.05) is 35.6 Å². The summed E-state index contributed by atoms with van der Waals surface area (Å²) in [4.78, 5) is 16.2. The van der Waals surface area contributed by atoms with Gasteiger partial charge in [0.25, 0.3) is 0 Å². The Kier molecular flexibility index (Phi) is 9.28. The van der Waals surface area contributed by atoms with Crippen LogP contribution in [0.2, 0.25) is 5.02 Å². The van der Waals surface area contributed by atoms with Gasteiger partial charge in [-0.3, -0.25) is 4.79 Å². The van der Waals surface area contributed by atoms with Gasteiger partial charge in [0.1, 0.15) is 5.75 Å². The van der Waals surface area contributed by atoms with Crippen LogP contribution in [0.4, 0.5) is 8.78 Å². The predicted molar refractivity (Wildman–Crippen MR) is 103 cm³/mol. The van der Waals surface area contributed by atoms with Gasteiger partial charge in [0.05, 0.1) is 6.54 Å². The molecule has 0 aliphatic heterocycles. The molecule has 0 saturated heterocycles. The lowest BCUT2D eigenvalue weighted by molar-refractivity contribution is -0.128. The quantitative estimate of drug-likeness (QED) is 0.353. The number of nitrogens with one attached hydrogen (secondary N) is 3. The Morgan fingerprint density at radius 3 is 2.48 bits per heavy atom. The number of nitrogens with zero attached hydrogens (tertiary/aromatic N) is 1. The van der Waals surface area contributed by atoms with Gasteiger partial charge in [-0.05, 0) is 25.1 Å². The van der Waals surface area contributed by atoms with Gasteiger partial charge in [-0.25, -0.2) is 4.99 Å². The fraction of sp³-hybridized carbons (Fsp3) is 0.556. The van der Waals surface area contributed by atoms with Crippen molar-refractivity contribution in [3.8, 4) is 5.75 Å². The highest BCUT2D eigenvalue weighted by Crippen LogP contribution is 2.25. The van der Waals surface area contributed by atoms with E-state index in [1.54, 1.807) is 0 Å². The maximum absolute atomic E-state index is 12.5. The normalized spacial score (nSPS) is 12.1. The SMILES string of the molecule is CCNC(=NCc1cc(Cl)ccc1OC(F)F)NCCNC(=O)C(C)(C)C. The zero-order valence-corrected chi connectivity index (χ0v) is 16.8. The summed E-state index contributed by atoms with van der Waals surface area (Å²) in [6, 6.07) is 4.41. The van der Waals surface area contributed by atoms with E-state index >= 15 is 0 Å². The van der Waals surface area contributed by atoms with E-state index in [0.717, 1.165) is 0 Å². The molecule has 1 amide bonds. The smallest absolute Gasteiger partial charge is 0.387 e. The number of rotatable bonds is 8. The van der Waals surface area contributed by atoms with Crippen LogP contribution in [0.3, 0.4) is 0 Å². The summed E-state index contributed by atoms with van der Waals surface area (Å²) in [6.45, 7) is 6.11. The molecule has 0 heterocycles. The Hall–Kier alpha value is -2.09. The standard InChI is InChI=1S/C18H27ClF2N4O2/c1-5-22-17(24-9-8-23-15(26)18(2,3)4)25-11-12-10-13(19)6-7-14(12)27-16(20)21/h6-7,10,16H,5,8-9,11H2,1-4H3,(H,23,26)(H2,22,24,25). The van der Waals surface area contributed by atoms with Crippen LogP contribution < -0.4 is 20.7 Å². The number of halogens is 3. The molecule has 3 N–H and O–H groups in total. The van der Waals surface area contributed by atoms with Crippen molar-refractivity contribution >= 4 is 23.5 Å². The third kappa shape index (κ3) is 8.90. The Balaban J connectivity index is 2.68. The summed E-state index contributed by atoms with van der Waals surface area (Å²) in [6.07, 6.45) is 0. The number of carbonyl (C=O) groups excluding carboxylic acids is 1. The van der Waals surface area contributed by atoms with Gasteiger partial charge < -0.3 is 20.7 Å². The topological polar surface area (TPSA) is 74.8 Å². The molecule has 0 aliphatic carbocycles. The number of amides is 1. The fourth-order valence-corrected chi connectivity index (χ4v) is 2.21. The summed E-state index contributed by atoms with van der Waals surface area (Å²) in [5, 5.41) is 9.36. The first-order valence-corrected chi connectivity index (χ1v) is 9.05. The number of guanidine groups is 1. The molecular weight excluding hydrogens is 378 g/mol. The number of benzene rings is 1. The minimum absolute atomic E-state index is 0.0337. The largest absolute Gasteiger partial charge is 0.434 e. The Labute approximate surface area is 163 Å². The van der Waals surface area contributed by atoms with Crippen LogP contribution in [0, 0.1) is 5.41 Å².